The first-order valence-electron chi connectivity index (χ1n) is 5.28. The molecule has 0 spiro atoms. The summed E-state index contributed by atoms with van der Waals surface area (Å²) >= 11 is 0. The number of benzene rings is 1. The van der Waals surface area contributed by atoms with Crippen LogP contribution in [0.25, 0.3) is 0 Å². The number of hydrogen-bond acceptors (Lipinski definition) is 4. The topological polar surface area (TPSA) is 47.6 Å². The van der Waals surface area contributed by atoms with Gasteiger partial charge in [0.2, 0.25) is 0 Å². The summed E-state index contributed by atoms with van der Waals surface area (Å²) in [6.07, 6.45) is 0.187. The van der Waals surface area contributed by atoms with E-state index < -0.39 is 0 Å². The summed E-state index contributed by atoms with van der Waals surface area (Å²) < 4.78 is 10.5. The van der Waals surface area contributed by atoms with Crippen LogP contribution in [0, 0.1) is 0 Å². The Kier molecular flexibility index (Phi) is 1.73. The largest absolute Gasteiger partial charge is 0.497 e. The van der Waals surface area contributed by atoms with E-state index in [1.54, 1.807) is 7.11 Å². The van der Waals surface area contributed by atoms with Crippen molar-refractivity contribution in [3.8, 4) is 5.75 Å². The number of hydrogen-bond donors (Lipinski definition) is 1. The second-order valence-corrected chi connectivity index (χ2v) is 4.52. The number of carbonyl (C=O) groups excluding carboxylic acids is 1. The molecule has 0 radical (unpaired) electrons. The van der Waals surface area contributed by atoms with Gasteiger partial charge in [-0.05, 0) is 30.7 Å². The van der Waals surface area contributed by atoms with Gasteiger partial charge in [0.15, 0.2) is 6.23 Å². The predicted molar refractivity (Wildman–Crippen MR) is 58.5 cm³/mol. The van der Waals surface area contributed by atoms with Crippen molar-refractivity contribution in [3.63, 3.8) is 0 Å². The Morgan fingerprint density at radius 3 is 3.12 bits per heavy atom. The maximum atomic E-state index is 11.3. The van der Waals surface area contributed by atoms with Crippen LogP contribution in [0.2, 0.25) is 0 Å². The Balaban J connectivity index is 2.11. The number of fused-ring (bicyclic) bond motifs is 3. The molecule has 16 heavy (non-hydrogen) atoms. The monoisotopic (exact) mass is 219 g/mol. The SMILES string of the molecule is COc1ccc2c(c1)[C@]1(C)CC(=O)O[C@@H]1N2. The molecule has 1 saturated heterocycles. The van der Waals surface area contributed by atoms with Crippen molar-refractivity contribution in [1.29, 1.82) is 0 Å². The second-order valence-electron chi connectivity index (χ2n) is 4.52. The van der Waals surface area contributed by atoms with Crippen molar-refractivity contribution >= 4 is 11.7 Å². The fourth-order valence-electron chi connectivity index (χ4n) is 2.51. The molecule has 0 amide bonds. The number of rotatable bonds is 1. The van der Waals surface area contributed by atoms with Gasteiger partial charge in [0, 0.05) is 5.69 Å². The van der Waals surface area contributed by atoms with Crippen LogP contribution in [0.3, 0.4) is 0 Å². The van der Waals surface area contributed by atoms with Crippen LogP contribution in [-0.2, 0) is 14.9 Å². The summed E-state index contributed by atoms with van der Waals surface area (Å²) in [6, 6.07) is 5.84. The summed E-state index contributed by atoms with van der Waals surface area (Å²) in [4.78, 5) is 11.3. The molecule has 3 rings (SSSR count). The Morgan fingerprint density at radius 2 is 2.38 bits per heavy atom. The molecule has 2 aliphatic rings. The zero-order valence-electron chi connectivity index (χ0n) is 9.24. The lowest BCUT2D eigenvalue weighted by molar-refractivity contribution is -0.140. The van der Waals surface area contributed by atoms with E-state index in [-0.39, 0.29) is 17.6 Å². The molecular weight excluding hydrogens is 206 g/mol. The molecule has 0 aromatic heterocycles. The molecule has 84 valence electrons. The summed E-state index contributed by atoms with van der Waals surface area (Å²) in [5, 5.41) is 3.22. The predicted octanol–water partition coefficient (Wildman–Crippen LogP) is 1.65. The lowest BCUT2D eigenvalue weighted by Crippen LogP contribution is -2.31. The molecule has 0 unspecified atom stereocenters. The van der Waals surface area contributed by atoms with Gasteiger partial charge in [-0.15, -0.1) is 0 Å². The minimum absolute atomic E-state index is 0.145. The van der Waals surface area contributed by atoms with Crippen molar-refractivity contribution in [1.82, 2.24) is 0 Å². The highest BCUT2D eigenvalue weighted by Gasteiger charge is 2.52. The quantitative estimate of drug-likeness (QED) is 0.729. The third-order valence-electron chi connectivity index (χ3n) is 3.47. The fourth-order valence-corrected chi connectivity index (χ4v) is 2.51. The number of nitrogens with one attached hydrogen (secondary N) is 1. The molecule has 2 aliphatic heterocycles. The van der Waals surface area contributed by atoms with Crippen LogP contribution in [-0.4, -0.2) is 19.3 Å². The summed E-state index contributed by atoms with van der Waals surface area (Å²) in [7, 11) is 1.64. The van der Waals surface area contributed by atoms with Crippen LogP contribution >= 0.6 is 0 Å². The van der Waals surface area contributed by atoms with Crippen molar-refractivity contribution in [2.24, 2.45) is 0 Å². The van der Waals surface area contributed by atoms with Gasteiger partial charge in [-0.25, -0.2) is 0 Å². The molecule has 2 heterocycles. The third kappa shape index (κ3) is 1.07. The summed E-state index contributed by atoms with van der Waals surface area (Å²) in [5.41, 5.74) is 1.87. The molecule has 0 aliphatic carbocycles. The molecule has 0 bridgehead atoms. The van der Waals surface area contributed by atoms with E-state index in [4.69, 9.17) is 9.47 Å². The van der Waals surface area contributed by atoms with Crippen LogP contribution in [0.1, 0.15) is 18.9 Å². The smallest absolute Gasteiger partial charge is 0.308 e. The van der Waals surface area contributed by atoms with Crippen LogP contribution in [0.15, 0.2) is 18.2 Å². The van der Waals surface area contributed by atoms with Gasteiger partial charge in [-0.2, -0.15) is 0 Å². The number of anilines is 1. The Labute approximate surface area is 93.5 Å². The van der Waals surface area contributed by atoms with Crippen LogP contribution in [0.5, 0.6) is 5.75 Å². The second kappa shape index (κ2) is 2.90. The standard InChI is InChI=1S/C12H13NO3/c1-12-6-10(14)16-11(12)13-9-4-3-7(15-2)5-8(9)12/h3-5,11,13H,6H2,1-2H3/t11-,12-/m0/s1. The highest BCUT2D eigenvalue weighted by molar-refractivity contribution is 5.79. The highest BCUT2D eigenvalue weighted by atomic mass is 16.6. The lowest BCUT2D eigenvalue weighted by atomic mass is 9.81. The first-order valence-corrected chi connectivity index (χ1v) is 5.28. The van der Waals surface area contributed by atoms with E-state index in [2.05, 4.69) is 5.32 Å². The maximum Gasteiger partial charge on any atom is 0.308 e. The highest BCUT2D eigenvalue weighted by Crippen LogP contribution is 2.48. The summed E-state index contributed by atoms with van der Waals surface area (Å²) in [5.74, 6) is 0.662. The van der Waals surface area contributed by atoms with Crippen LogP contribution in [0.4, 0.5) is 5.69 Å². The molecule has 1 aromatic rings. The maximum absolute atomic E-state index is 11.3. The van der Waals surface area contributed by atoms with Gasteiger partial charge in [0.25, 0.3) is 0 Å². The van der Waals surface area contributed by atoms with E-state index in [9.17, 15) is 4.79 Å². The van der Waals surface area contributed by atoms with Crippen molar-refractivity contribution in [3.05, 3.63) is 23.8 Å². The van der Waals surface area contributed by atoms with Gasteiger partial charge >= 0.3 is 5.97 Å². The lowest BCUT2D eigenvalue weighted by Gasteiger charge is -2.20. The average Bonchev–Trinajstić information content (AvgIpc) is 2.67. The molecule has 0 saturated carbocycles. The minimum atomic E-state index is -0.263. The van der Waals surface area contributed by atoms with Gasteiger partial charge in [-0.1, -0.05) is 0 Å². The average molecular weight is 219 g/mol. The number of carbonyl (C=O) groups is 1. The Bertz CT molecular complexity index is 471. The normalized spacial score (nSPS) is 30.4. The minimum Gasteiger partial charge on any atom is -0.497 e. The van der Waals surface area contributed by atoms with E-state index in [0.29, 0.717) is 6.42 Å². The molecule has 1 fully saturated rings. The Morgan fingerprint density at radius 1 is 1.56 bits per heavy atom. The molecule has 4 heteroatoms. The van der Waals surface area contributed by atoms with E-state index in [1.807, 2.05) is 25.1 Å². The van der Waals surface area contributed by atoms with Gasteiger partial charge in [-0.3, -0.25) is 4.79 Å². The van der Waals surface area contributed by atoms with E-state index >= 15 is 0 Å². The Hall–Kier alpha value is -1.71. The van der Waals surface area contributed by atoms with E-state index in [1.165, 1.54) is 0 Å². The molecule has 2 atom stereocenters. The molecular formula is C12H13NO3. The molecule has 4 nitrogen and oxygen atoms in total. The first-order chi connectivity index (χ1) is 7.63. The number of esters is 1. The van der Waals surface area contributed by atoms with Gasteiger partial charge < -0.3 is 14.8 Å². The zero-order chi connectivity index (χ0) is 11.3. The van der Waals surface area contributed by atoms with E-state index in [0.717, 1.165) is 17.0 Å². The number of ether oxygens (including phenoxy) is 2. The summed E-state index contributed by atoms with van der Waals surface area (Å²) in [6.45, 7) is 2.04. The number of methoxy groups -OCH3 is 1. The van der Waals surface area contributed by atoms with Crippen molar-refractivity contribution in [2.45, 2.75) is 25.0 Å². The van der Waals surface area contributed by atoms with Crippen LogP contribution < -0.4 is 10.1 Å². The fraction of sp³-hybridized carbons (Fsp3) is 0.417. The van der Waals surface area contributed by atoms with Gasteiger partial charge in [0.1, 0.15) is 5.75 Å². The molecule has 1 N–H and O–H groups in total. The third-order valence-corrected chi connectivity index (χ3v) is 3.47. The first kappa shape index (κ1) is 9.51. The zero-order valence-corrected chi connectivity index (χ0v) is 9.24. The van der Waals surface area contributed by atoms with Crippen molar-refractivity contribution in [2.75, 3.05) is 12.4 Å². The van der Waals surface area contributed by atoms with Crippen molar-refractivity contribution < 1.29 is 14.3 Å². The van der Waals surface area contributed by atoms with Gasteiger partial charge in [0.05, 0.1) is 18.9 Å². The molecule has 1 aromatic carbocycles.